The van der Waals surface area contributed by atoms with E-state index < -0.39 is 16.6 Å². The van der Waals surface area contributed by atoms with Crippen molar-refractivity contribution in [2.75, 3.05) is 6.61 Å². The number of hydrogen-bond donors (Lipinski definition) is 0. The first-order valence-electron chi connectivity index (χ1n) is 5.41. The van der Waals surface area contributed by atoms with Gasteiger partial charge < -0.3 is 4.74 Å². The number of carbonyl (C=O) groups is 2. The van der Waals surface area contributed by atoms with Crippen molar-refractivity contribution in [2.45, 2.75) is 25.1 Å². The van der Waals surface area contributed by atoms with E-state index in [1.165, 1.54) is 6.92 Å². The molecule has 0 radical (unpaired) electrons. The van der Waals surface area contributed by atoms with E-state index in [0.29, 0.717) is 0 Å². The molecule has 92 valence electrons. The monoisotopic (exact) mass is 254 g/mol. The van der Waals surface area contributed by atoms with E-state index in [9.17, 15) is 9.59 Å². The number of Topliss-reactive ketones (excluding diaryl/α,β-unsaturated/α-hetero) is 1. The van der Waals surface area contributed by atoms with Gasteiger partial charge in [-0.1, -0.05) is 41.9 Å². The number of ketones is 1. The molecule has 1 aromatic rings. The van der Waals surface area contributed by atoms with Crippen molar-refractivity contribution >= 4 is 23.4 Å². The van der Waals surface area contributed by atoms with Gasteiger partial charge in [0.1, 0.15) is 0 Å². The summed E-state index contributed by atoms with van der Waals surface area (Å²) in [6.45, 7) is 3.18. The largest absolute Gasteiger partial charge is 0.464 e. The van der Waals surface area contributed by atoms with Crippen LogP contribution in [0.4, 0.5) is 0 Å². The first kappa shape index (κ1) is 13.7. The summed E-state index contributed by atoms with van der Waals surface area (Å²) < 4.78 is 4.85. The molecule has 3 nitrogen and oxygen atoms in total. The Morgan fingerprint density at radius 2 is 1.88 bits per heavy atom. The van der Waals surface area contributed by atoms with Gasteiger partial charge in [-0.05, 0) is 19.4 Å². The third-order valence-electron chi connectivity index (χ3n) is 2.45. The lowest BCUT2D eigenvalue weighted by atomic mass is 9.95. The molecule has 0 N–H and O–H groups in total. The summed E-state index contributed by atoms with van der Waals surface area (Å²) in [6, 6.07) is 9.16. The maximum Gasteiger partial charge on any atom is 0.335 e. The molecular weight excluding hydrogens is 240 g/mol. The molecule has 0 aliphatic rings. The second kappa shape index (κ2) is 5.82. The van der Waals surface area contributed by atoms with Gasteiger partial charge in [-0.15, -0.1) is 0 Å². The second-order valence-electron chi connectivity index (χ2n) is 3.74. The Hall–Kier alpha value is -1.35. The predicted molar refractivity (Wildman–Crippen MR) is 66.0 cm³/mol. The lowest BCUT2D eigenvalue weighted by Crippen LogP contribution is -2.43. The number of halogens is 1. The van der Waals surface area contributed by atoms with Crippen LogP contribution in [0.3, 0.4) is 0 Å². The Labute approximate surface area is 106 Å². The quantitative estimate of drug-likeness (QED) is 0.460. The topological polar surface area (TPSA) is 43.4 Å². The number of esters is 1. The van der Waals surface area contributed by atoms with Crippen LogP contribution in [0, 0.1) is 0 Å². The van der Waals surface area contributed by atoms with Crippen LogP contribution in [0.25, 0.3) is 0 Å². The van der Waals surface area contributed by atoms with E-state index in [2.05, 4.69) is 0 Å². The molecule has 17 heavy (non-hydrogen) atoms. The standard InChI is InChI=1S/C13H15ClO3/c1-3-17-12(16)13(14,10(2)15)9-11-7-5-4-6-8-11/h4-8H,3,9H2,1-2H3/t13-/m1/s1. The lowest BCUT2D eigenvalue weighted by Gasteiger charge is -2.21. The highest BCUT2D eigenvalue weighted by molar-refractivity contribution is 6.45. The van der Waals surface area contributed by atoms with E-state index in [-0.39, 0.29) is 13.0 Å². The van der Waals surface area contributed by atoms with Gasteiger partial charge in [-0.2, -0.15) is 0 Å². The van der Waals surface area contributed by atoms with Gasteiger partial charge in [-0.3, -0.25) is 4.79 Å². The molecule has 4 heteroatoms. The Morgan fingerprint density at radius 1 is 1.29 bits per heavy atom. The van der Waals surface area contributed by atoms with Crippen LogP contribution in [0.2, 0.25) is 0 Å². The molecule has 0 heterocycles. The summed E-state index contributed by atoms with van der Waals surface area (Å²) >= 11 is 6.11. The molecule has 0 saturated carbocycles. The molecule has 0 fully saturated rings. The molecule has 0 bridgehead atoms. The van der Waals surface area contributed by atoms with Gasteiger partial charge in [-0.25, -0.2) is 4.79 Å². The minimum Gasteiger partial charge on any atom is -0.464 e. The maximum absolute atomic E-state index is 11.7. The molecule has 0 aliphatic heterocycles. The predicted octanol–water partition coefficient (Wildman–Crippen LogP) is 2.36. The number of alkyl halides is 1. The van der Waals surface area contributed by atoms with Crippen molar-refractivity contribution in [1.82, 2.24) is 0 Å². The summed E-state index contributed by atoms with van der Waals surface area (Å²) in [5.41, 5.74) is 0.825. The number of ether oxygens (including phenoxy) is 1. The molecule has 0 aromatic heterocycles. The first-order chi connectivity index (χ1) is 8.00. The molecule has 1 aromatic carbocycles. The Balaban J connectivity index is 2.93. The second-order valence-corrected chi connectivity index (χ2v) is 4.39. The molecule has 0 unspecified atom stereocenters. The van der Waals surface area contributed by atoms with Gasteiger partial charge in [0.05, 0.1) is 6.61 Å². The van der Waals surface area contributed by atoms with Crippen LogP contribution in [0.1, 0.15) is 19.4 Å². The SMILES string of the molecule is CCOC(=O)[C@@](Cl)(Cc1ccccc1)C(C)=O. The van der Waals surface area contributed by atoms with E-state index in [1.807, 2.05) is 30.3 Å². The minimum absolute atomic E-state index is 0.142. The van der Waals surface area contributed by atoms with Gasteiger partial charge in [0.2, 0.25) is 4.87 Å². The van der Waals surface area contributed by atoms with Gasteiger partial charge >= 0.3 is 5.97 Å². The van der Waals surface area contributed by atoms with Crippen LogP contribution in [0.15, 0.2) is 30.3 Å². The number of carbonyl (C=O) groups excluding carboxylic acids is 2. The fraction of sp³-hybridized carbons (Fsp3) is 0.385. The third kappa shape index (κ3) is 3.30. The molecule has 0 amide bonds. The number of rotatable bonds is 5. The maximum atomic E-state index is 11.7. The van der Waals surface area contributed by atoms with Crippen LogP contribution >= 0.6 is 11.6 Å². The molecule has 1 atom stereocenters. The molecule has 0 spiro atoms. The average Bonchev–Trinajstić information content (AvgIpc) is 2.30. The van der Waals surface area contributed by atoms with Crippen LogP contribution in [-0.4, -0.2) is 23.2 Å². The highest BCUT2D eigenvalue weighted by atomic mass is 35.5. The van der Waals surface area contributed by atoms with Crippen LogP contribution in [-0.2, 0) is 20.7 Å². The highest BCUT2D eigenvalue weighted by Gasteiger charge is 2.42. The Kier molecular flexibility index (Phi) is 4.70. The summed E-state index contributed by atoms with van der Waals surface area (Å²) in [5.74, 6) is -1.08. The first-order valence-corrected chi connectivity index (χ1v) is 5.79. The molecular formula is C13H15ClO3. The number of benzene rings is 1. The summed E-state index contributed by atoms with van der Waals surface area (Å²) in [6.07, 6.45) is 0.142. The summed E-state index contributed by atoms with van der Waals surface area (Å²) in [7, 11) is 0. The van der Waals surface area contributed by atoms with Crippen molar-refractivity contribution < 1.29 is 14.3 Å². The van der Waals surface area contributed by atoms with Crippen LogP contribution < -0.4 is 0 Å². The smallest absolute Gasteiger partial charge is 0.335 e. The highest BCUT2D eigenvalue weighted by Crippen LogP contribution is 2.24. The van der Waals surface area contributed by atoms with E-state index in [4.69, 9.17) is 16.3 Å². The summed E-state index contributed by atoms with van der Waals surface area (Å²) in [4.78, 5) is 21.7. The number of hydrogen-bond acceptors (Lipinski definition) is 3. The van der Waals surface area contributed by atoms with Crippen molar-refractivity contribution in [3.63, 3.8) is 0 Å². The average molecular weight is 255 g/mol. The molecule has 1 rings (SSSR count). The van der Waals surface area contributed by atoms with Crippen molar-refractivity contribution in [1.29, 1.82) is 0 Å². The normalized spacial score (nSPS) is 13.8. The van der Waals surface area contributed by atoms with E-state index in [1.54, 1.807) is 6.92 Å². The zero-order valence-electron chi connectivity index (χ0n) is 9.90. The van der Waals surface area contributed by atoms with E-state index in [0.717, 1.165) is 5.56 Å². The Bertz CT molecular complexity index is 402. The van der Waals surface area contributed by atoms with Gasteiger partial charge in [0.25, 0.3) is 0 Å². The van der Waals surface area contributed by atoms with Crippen molar-refractivity contribution in [3.8, 4) is 0 Å². The zero-order chi connectivity index (χ0) is 12.9. The van der Waals surface area contributed by atoms with Gasteiger partial charge in [0.15, 0.2) is 5.78 Å². The van der Waals surface area contributed by atoms with Crippen molar-refractivity contribution in [2.24, 2.45) is 0 Å². The van der Waals surface area contributed by atoms with Crippen molar-refractivity contribution in [3.05, 3.63) is 35.9 Å². The fourth-order valence-electron chi connectivity index (χ4n) is 1.46. The molecule has 0 saturated heterocycles. The fourth-order valence-corrected chi connectivity index (χ4v) is 1.67. The minimum atomic E-state index is -1.61. The van der Waals surface area contributed by atoms with Gasteiger partial charge in [0, 0.05) is 6.42 Å². The lowest BCUT2D eigenvalue weighted by molar-refractivity contribution is -0.149. The summed E-state index contributed by atoms with van der Waals surface area (Å²) in [5, 5.41) is 0. The zero-order valence-corrected chi connectivity index (χ0v) is 10.7. The Morgan fingerprint density at radius 3 is 2.35 bits per heavy atom. The van der Waals surface area contributed by atoms with E-state index >= 15 is 0 Å². The third-order valence-corrected chi connectivity index (χ3v) is 3.00. The van der Waals surface area contributed by atoms with Crippen LogP contribution in [0.5, 0.6) is 0 Å². The molecule has 0 aliphatic carbocycles.